The van der Waals surface area contributed by atoms with E-state index in [-0.39, 0.29) is 19.0 Å². The summed E-state index contributed by atoms with van der Waals surface area (Å²) in [7, 11) is 0. The number of hydrogen-bond acceptors (Lipinski definition) is 3. The molecule has 0 aromatic heterocycles. The van der Waals surface area contributed by atoms with E-state index in [0.717, 1.165) is 5.56 Å². The van der Waals surface area contributed by atoms with Crippen LogP contribution in [-0.4, -0.2) is 24.4 Å². The Labute approximate surface area is 124 Å². The zero-order valence-corrected chi connectivity index (χ0v) is 12.0. The van der Waals surface area contributed by atoms with Crippen LogP contribution in [0.3, 0.4) is 0 Å². The summed E-state index contributed by atoms with van der Waals surface area (Å²) in [6.45, 7) is 2.23. The van der Waals surface area contributed by atoms with Gasteiger partial charge >= 0.3 is 0 Å². The van der Waals surface area contributed by atoms with Gasteiger partial charge in [-0.2, -0.15) is 0 Å². The molecule has 0 fully saturated rings. The van der Waals surface area contributed by atoms with Gasteiger partial charge in [-0.3, -0.25) is 0 Å². The van der Waals surface area contributed by atoms with E-state index in [1.807, 2.05) is 30.3 Å². The maximum absolute atomic E-state index is 13.7. The van der Waals surface area contributed by atoms with Gasteiger partial charge in [0.25, 0.3) is 0 Å². The van der Waals surface area contributed by atoms with Crippen molar-refractivity contribution < 1.29 is 19.0 Å². The summed E-state index contributed by atoms with van der Waals surface area (Å²) < 4.78 is 24.4. The fourth-order valence-corrected chi connectivity index (χ4v) is 1.85. The van der Waals surface area contributed by atoms with Gasteiger partial charge in [0, 0.05) is 0 Å². The Balaban J connectivity index is 1.72. The Bertz CT molecular complexity index is 557. The second kappa shape index (κ2) is 7.76. The van der Waals surface area contributed by atoms with Crippen LogP contribution in [0.15, 0.2) is 48.5 Å². The van der Waals surface area contributed by atoms with Gasteiger partial charge in [-0.15, -0.1) is 0 Å². The first kappa shape index (κ1) is 15.5. The third-order valence-corrected chi connectivity index (χ3v) is 3.01. The molecule has 0 aliphatic rings. The lowest BCUT2D eigenvalue weighted by Gasteiger charge is -2.13. The van der Waals surface area contributed by atoms with Crippen LogP contribution in [0.25, 0.3) is 0 Å². The summed E-state index contributed by atoms with van der Waals surface area (Å²) in [5, 5.41) is 9.78. The molecule has 2 aromatic rings. The lowest BCUT2D eigenvalue weighted by molar-refractivity contribution is 0.00483. The van der Waals surface area contributed by atoms with E-state index in [1.54, 1.807) is 25.1 Å². The van der Waals surface area contributed by atoms with Crippen molar-refractivity contribution in [2.75, 3.05) is 13.2 Å². The molecular weight excluding hydrogens is 271 g/mol. The molecule has 0 saturated heterocycles. The number of aliphatic hydroxyl groups is 1. The van der Waals surface area contributed by atoms with Gasteiger partial charge in [-0.1, -0.05) is 42.5 Å². The molecule has 1 unspecified atom stereocenters. The molecule has 0 saturated carbocycles. The lowest BCUT2D eigenvalue weighted by atomic mass is 10.2. The van der Waals surface area contributed by atoms with Crippen molar-refractivity contribution in [3.05, 3.63) is 65.5 Å². The quantitative estimate of drug-likeness (QED) is 0.851. The van der Waals surface area contributed by atoms with Gasteiger partial charge < -0.3 is 14.6 Å². The van der Waals surface area contributed by atoms with E-state index in [4.69, 9.17) is 9.47 Å². The predicted octanol–water partition coefficient (Wildman–Crippen LogP) is 3.09. The van der Waals surface area contributed by atoms with Crippen LogP contribution in [0, 0.1) is 12.7 Å². The van der Waals surface area contributed by atoms with Crippen molar-refractivity contribution in [2.24, 2.45) is 0 Å². The molecule has 2 rings (SSSR count). The van der Waals surface area contributed by atoms with Crippen LogP contribution in [0.1, 0.15) is 11.1 Å². The Kier molecular flexibility index (Phi) is 5.72. The van der Waals surface area contributed by atoms with Crippen molar-refractivity contribution in [3.63, 3.8) is 0 Å². The fraction of sp³-hybridized carbons (Fsp3) is 0.294. The van der Waals surface area contributed by atoms with Gasteiger partial charge in [0.2, 0.25) is 0 Å². The number of rotatable bonds is 7. The highest BCUT2D eigenvalue weighted by atomic mass is 19.1. The highest BCUT2D eigenvalue weighted by molar-refractivity contribution is 5.30. The van der Waals surface area contributed by atoms with Crippen molar-refractivity contribution >= 4 is 0 Å². The molecule has 0 amide bonds. The zero-order chi connectivity index (χ0) is 15.1. The molecule has 112 valence electrons. The summed E-state index contributed by atoms with van der Waals surface area (Å²) in [6.07, 6.45) is -0.798. The highest BCUT2D eigenvalue weighted by Gasteiger charge is 2.10. The van der Waals surface area contributed by atoms with Crippen LogP contribution in [-0.2, 0) is 11.3 Å². The van der Waals surface area contributed by atoms with E-state index in [0.29, 0.717) is 12.2 Å². The van der Waals surface area contributed by atoms with Gasteiger partial charge in [-0.25, -0.2) is 4.39 Å². The zero-order valence-electron chi connectivity index (χ0n) is 12.0. The normalized spacial score (nSPS) is 12.1. The number of benzene rings is 2. The van der Waals surface area contributed by atoms with Crippen LogP contribution < -0.4 is 4.74 Å². The first-order valence-electron chi connectivity index (χ1n) is 6.84. The molecule has 1 N–H and O–H groups in total. The summed E-state index contributed by atoms with van der Waals surface area (Å²) >= 11 is 0. The monoisotopic (exact) mass is 290 g/mol. The number of halogens is 1. The third-order valence-electron chi connectivity index (χ3n) is 3.01. The predicted molar refractivity (Wildman–Crippen MR) is 78.7 cm³/mol. The SMILES string of the molecule is Cc1cccc(OCC(O)COCc2ccccc2)c1F. The minimum atomic E-state index is -0.798. The minimum absolute atomic E-state index is 0.00480. The van der Waals surface area contributed by atoms with Crippen LogP contribution >= 0.6 is 0 Å². The van der Waals surface area contributed by atoms with Crippen molar-refractivity contribution in [2.45, 2.75) is 19.6 Å². The number of aliphatic hydroxyl groups excluding tert-OH is 1. The summed E-state index contributed by atoms with van der Waals surface area (Å²) in [5.41, 5.74) is 1.55. The van der Waals surface area contributed by atoms with Crippen LogP contribution in [0.2, 0.25) is 0 Å². The van der Waals surface area contributed by atoms with Gasteiger partial charge in [-0.05, 0) is 24.1 Å². The molecule has 0 heterocycles. The summed E-state index contributed by atoms with van der Waals surface area (Å²) in [5.74, 6) is -0.244. The Morgan fingerprint density at radius 2 is 1.81 bits per heavy atom. The molecule has 0 bridgehead atoms. The molecule has 0 aliphatic carbocycles. The van der Waals surface area contributed by atoms with E-state index < -0.39 is 11.9 Å². The first-order chi connectivity index (χ1) is 10.2. The number of aryl methyl sites for hydroxylation is 1. The molecule has 0 spiro atoms. The number of ether oxygens (including phenoxy) is 2. The molecule has 3 nitrogen and oxygen atoms in total. The lowest BCUT2D eigenvalue weighted by Crippen LogP contribution is -2.23. The molecule has 1 atom stereocenters. The van der Waals surface area contributed by atoms with Gasteiger partial charge in [0.05, 0.1) is 13.2 Å². The Morgan fingerprint density at radius 3 is 2.57 bits per heavy atom. The fourth-order valence-electron chi connectivity index (χ4n) is 1.85. The van der Waals surface area contributed by atoms with Crippen LogP contribution in [0.4, 0.5) is 4.39 Å². The smallest absolute Gasteiger partial charge is 0.167 e. The van der Waals surface area contributed by atoms with E-state index >= 15 is 0 Å². The van der Waals surface area contributed by atoms with E-state index in [1.165, 1.54) is 0 Å². The molecule has 4 heteroatoms. The third kappa shape index (κ3) is 4.85. The average Bonchev–Trinajstić information content (AvgIpc) is 2.50. The topological polar surface area (TPSA) is 38.7 Å². The molecular formula is C17H19FO3. The molecule has 0 radical (unpaired) electrons. The average molecular weight is 290 g/mol. The van der Waals surface area contributed by atoms with E-state index in [9.17, 15) is 9.50 Å². The maximum Gasteiger partial charge on any atom is 0.167 e. The second-order valence-corrected chi connectivity index (χ2v) is 4.85. The minimum Gasteiger partial charge on any atom is -0.488 e. The largest absolute Gasteiger partial charge is 0.488 e. The molecule has 2 aromatic carbocycles. The van der Waals surface area contributed by atoms with E-state index in [2.05, 4.69) is 0 Å². The first-order valence-corrected chi connectivity index (χ1v) is 6.84. The Morgan fingerprint density at radius 1 is 1.05 bits per heavy atom. The molecule has 0 aliphatic heterocycles. The van der Waals surface area contributed by atoms with Crippen molar-refractivity contribution in [1.29, 1.82) is 0 Å². The Hall–Kier alpha value is -1.91. The van der Waals surface area contributed by atoms with Gasteiger partial charge in [0.15, 0.2) is 11.6 Å². The second-order valence-electron chi connectivity index (χ2n) is 4.85. The van der Waals surface area contributed by atoms with Crippen molar-refractivity contribution in [1.82, 2.24) is 0 Å². The van der Waals surface area contributed by atoms with Crippen molar-refractivity contribution in [3.8, 4) is 5.75 Å². The number of hydrogen-bond donors (Lipinski definition) is 1. The van der Waals surface area contributed by atoms with Gasteiger partial charge in [0.1, 0.15) is 12.7 Å². The highest BCUT2D eigenvalue weighted by Crippen LogP contribution is 2.19. The van der Waals surface area contributed by atoms with Crippen LogP contribution in [0.5, 0.6) is 5.75 Å². The molecule has 21 heavy (non-hydrogen) atoms. The standard InChI is InChI=1S/C17H19FO3/c1-13-6-5-9-16(17(13)18)21-12-15(19)11-20-10-14-7-3-2-4-8-14/h2-9,15,19H,10-12H2,1H3. The maximum atomic E-state index is 13.7. The summed E-state index contributed by atoms with van der Waals surface area (Å²) in [4.78, 5) is 0. The summed E-state index contributed by atoms with van der Waals surface area (Å²) in [6, 6.07) is 14.6.